The highest BCUT2D eigenvalue weighted by Gasteiger charge is 2.13. The molecule has 106 valence electrons. The molecule has 5 nitrogen and oxygen atoms in total. The number of aryl methyl sites for hydroxylation is 1. The molecule has 2 heterocycles. The standard InChI is InChI=1S/C14H25N5/c1-4-8-18(3)13-11-14(17-12(2)16-13)19-9-5-6-15-7-10-19/h11,15H,4-10H2,1-3H3. The predicted octanol–water partition coefficient (Wildman–Crippen LogP) is 1.43. The molecule has 0 unspecified atom stereocenters. The van der Waals surface area contributed by atoms with E-state index in [-0.39, 0.29) is 0 Å². The van der Waals surface area contributed by atoms with Crippen molar-refractivity contribution in [1.29, 1.82) is 0 Å². The Morgan fingerprint density at radius 1 is 1.32 bits per heavy atom. The summed E-state index contributed by atoms with van der Waals surface area (Å²) in [5.41, 5.74) is 0. The first-order valence-electron chi connectivity index (χ1n) is 7.23. The Labute approximate surface area is 116 Å². The number of hydrogen-bond donors (Lipinski definition) is 1. The first-order valence-corrected chi connectivity index (χ1v) is 7.23. The van der Waals surface area contributed by atoms with Gasteiger partial charge >= 0.3 is 0 Å². The van der Waals surface area contributed by atoms with E-state index in [2.05, 4.69) is 45.1 Å². The van der Waals surface area contributed by atoms with Gasteiger partial charge in [-0.25, -0.2) is 9.97 Å². The van der Waals surface area contributed by atoms with Crippen LogP contribution < -0.4 is 15.1 Å². The predicted molar refractivity (Wildman–Crippen MR) is 80.0 cm³/mol. The quantitative estimate of drug-likeness (QED) is 0.890. The molecule has 0 aromatic carbocycles. The van der Waals surface area contributed by atoms with Gasteiger partial charge in [0, 0.05) is 39.3 Å². The number of rotatable bonds is 4. The highest BCUT2D eigenvalue weighted by atomic mass is 15.2. The van der Waals surface area contributed by atoms with Gasteiger partial charge in [0.05, 0.1) is 0 Å². The second kappa shape index (κ2) is 6.70. The lowest BCUT2D eigenvalue weighted by Crippen LogP contribution is -2.29. The zero-order valence-corrected chi connectivity index (χ0v) is 12.3. The Bertz CT molecular complexity index is 399. The zero-order chi connectivity index (χ0) is 13.7. The van der Waals surface area contributed by atoms with E-state index >= 15 is 0 Å². The van der Waals surface area contributed by atoms with Gasteiger partial charge in [-0.1, -0.05) is 6.92 Å². The molecule has 0 radical (unpaired) electrons. The molecular formula is C14H25N5. The molecule has 1 fully saturated rings. The first kappa shape index (κ1) is 14.1. The van der Waals surface area contributed by atoms with Crippen LogP contribution >= 0.6 is 0 Å². The van der Waals surface area contributed by atoms with Crippen molar-refractivity contribution in [3.05, 3.63) is 11.9 Å². The van der Waals surface area contributed by atoms with Crippen LogP contribution in [0.2, 0.25) is 0 Å². The Balaban J connectivity index is 2.19. The van der Waals surface area contributed by atoms with Crippen LogP contribution in [-0.2, 0) is 0 Å². The fraction of sp³-hybridized carbons (Fsp3) is 0.714. The largest absolute Gasteiger partial charge is 0.360 e. The summed E-state index contributed by atoms with van der Waals surface area (Å²) in [6.07, 6.45) is 2.30. The third-order valence-electron chi connectivity index (χ3n) is 3.43. The van der Waals surface area contributed by atoms with Gasteiger partial charge in [0.2, 0.25) is 0 Å². The zero-order valence-electron chi connectivity index (χ0n) is 12.3. The summed E-state index contributed by atoms with van der Waals surface area (Å²) in [5, 5.41) is 3.42. The number of anilines is 2. The number of nitrogens with one attached hydrogen (secondary N) is 1. The van der Waals surface area contributed by atoms with E-state index in [9.17, 15) is 0 Å². The summed E-state index contributed by atoms with van der Waals surface area (Å²) >= 11 is 0. The molecule has 0 amide bonds. The van der Waals surface area contributed by atoms with E-state index in [1.807, 2.05) is 6.92 Å². The van der Waals surface area contributed by atoms with Crippen LogP contribution in [0.1, 0.15) is 25.6 Å². The molecule has 1 N–H and O–H groups in total. The highest BCUT2D eigenvalue weighted by Crippen LogP contribution is 2.19. The summed E-state index contributed by atoms with van der Waals surface area (Å²) in [7, 11) is 2.10. The second-order valence-corrected chi connectivity index (χ2v) is 5.14. The van der Waals surface area contributed by atoms with Crippen LogP contribution in [0, 0.1) is 6.92 Å². The average molecular weight is 263 g/mol. The van der Waals surface area contributed by atoms with Crippen LogP contribution in [-0.4, -0.2) is 49.7 Å². The minimum absolute atomic E-state index is 0.854. The summed E-state index contributed by atoms with van der Waals surface area (Å²) < 4.78 is 0. The molecule has 19 heavy (non-hydrogen) atoms. The molecule has 0 aliphatic carbocycles. The third-order valence-corrected chi connectivity index (χ3v) is 3.43. The van der Waals surface area contributed by atoms with Crippen LogP contribution in [0.15, 0.2) is 6.07 Å². The van der Waals surface area contributed by atoms with Crippen molar-refractivity contribution in [3.63, 3.8) is 0 Å². The number of nitrogens with zero attached hydrogens (tertiary/aromatic N) is 4. The van der Waals surface area contributed by atoms with E-state index in [1.165, 1.54) is 6.42 Å². The van der Waals surface area contributed by atoms with Gasteiger partial charge < -0.3 is 15.1 Å². The van der Waals surface area contributed by atoms with Crippen LogP contribution in [0.25, 0.3) is 0 Å². The minimum atomic E-state index is 0.854. The Kier molecular flexibility index (Phi) is 4.96. The Morgan fingerprint density at radius 3 is 2.95 bits per heavy atom. The van der Waals surface area contributed by atoms with Crippen molar-refractivity contribution in [2.75, 3.05) is 49.6 Å². The van der Waals surface area contributed by atoms with Crippen molar-refractivity contribution < 1.29 is 0 Å². The summed E-state index contributed by atoms with van der Waals surface area (Å²) in [6.45, 7) is 9.41. The topological polar surface area (TPSA) is 44.3 Å². The normalized spacial score (nSPS) is 16.3. The Morgan fingerprint density at radius 2 is 2.16 bits per heavy atom. The van der Waals surface area contributed by atoms with Gasteiger partial charge in [-0.3, -0.25) is 0 Å². The fourth-order valence-corrected chi connectivity index (χ4v) is 2.42. The molecule has 1 saturated heterocycles. The first-order chi connectivity index (χ1) is 9.20. The van der Waals surface area contributed by atoms with Crippen molar-refractivity contribution in [2.45, 2.75) is 26.7 Å². The van der Waals surface area contributed by atoms with Gasteiger partial charge in [-0.15, -0.1) is 0 Å². The van der Waals surface area contributed by atoms with Crippen molar-refractivity contribution in [2.24, 2.45) is 0 Å². The van der Waals surface area contributed by atoms with E-state index in [4.69, 9.17) is 0 Å². The van der Waals surface area contributed by atoms with Crippen LogP contribution in [0.5, 0.6) is 0 Å². The lowest BCUT2D eigenvalue weighted by Gasteiger charge is -2.24. The molecule has 1 aromatic rings. The average Bonchev–Trinajstić information content (AvgIpc) is 2.67. The molecular weight excluding hydrogens is 238 g/mol. The van der Waals surface area contributed by atoms with Gasteiger partial charge in [0.15, 0.2) is 0 Å². The molecule has 5 heteroatoms. The van der Waals surface area contributed by atoms with Gasteiger partial charge in [0.1, 0.15) is 17.5 Å². The maximum Gasteiger partial charge on any atom is 0.134 e. The van der Waals surface area contributed by atoms with Crippen molar-refractivity contribution >= 4 is 11.6 Å². The smallest absolute Gasteiger partial charge is 0.134 e. The fourth-order valence-electron chi connectivity index (χ4n) is 2.42. The van der Waals surface area contributed by atoms with Gasteiger partial charge in [-0.2, -0.15) is 0 Å². The van der Waals surface area contributed by atoms with E-state index in [0.29, 0.717) is 0 Å². The molecule has 0 saturated carbocycles. The molecule has 0 spiro atoms. The monoisotopic (exact) mass is 263 g/mol. The van der Waals surface area contributed by atoms with Crippen molar-refractivity contribution in [1.82, 2.24) is 15.3 Å². The van der Waals surface area contributed by atoms with E-state index in [1.54, 1.807) is 0 Å². The highest BCUT2D eigenvalue weighted by molar-refractivity contribution is 5.50. The number of aromatic nitrogens is 2. The molecule has 1 aromatic heterocycles. The molecule has 2 rings (SSSR count). The maximum absolute atomic E-state index is 4.60. The van der Waals surface area contributed by atoms with Crippen LogP contribution in [0.4, 0.5) is 11.6 Å². The SMILES string of the molecule is CCCN(C)c1cc(N2CCCNCC2)nc(C)n1. The third kappa shape index (κ3) is 3.80. The number of hydrogen-bond acceptors (Lipinski definition) is 5. The van der Waals surface area contributed by atoms with E-state index in [0.717, 1.165) is 56.6 Å². The Hall–Kier alpha value is -1.36. The summed E-state index contributed by atoms with van der Waals surface area (Å²) in [4.78, 5) is 13.7. The van der Waals surface area contributed by atoms with Crippen molar-refractivity contribution in [3.8, 4) is 0 Å². The lowest BCUT2D eigenvalue weighted by atomic mass is 10.3. The summed E-state index contributed by atoms with van der Waals surface area (Å²) in [6, 6.07) is 2.12. The minimum Gasteiger partial charge on any atom is -0.360 e. The lowest BCUT2D eigenvalue weighted by molar-refractivity contribution is 0.724. The van der Waals surface area contributed by atoms with E-state index < -0.39 is 0 Å². The van der Waals surface area contributed by atoms with Gasteiger partial charge in [-0.05, 0) is 26.3 Å². The second-order valence-electron chi connectivity index (χ2n) is 5.14. The van der Waals surface area contributed by atoms with Crippen LogP contribution in [0.3, 0.4) is 0 Å². The molecule has 1 aliphatic heterocycles. The summed E-state index contributed by atoms with van der Waals surface area (Å²) in [5.74, 6) is 2.95. The molecule has 0 atom stereocenters. The van der Waals surface area contributed by atoms with Gasteiger partial charge in [0.25, 0.3) is 0 Å². The molecule has 1 aliphatic rings. The maximum atomic E-state index is 4.60. The molecule has 0 bridgehead atoms.